The van der Waals surface area contributed by atoms with Crippen molar-refractivity contribution in [2.75, 3.05) is 9.80 Å². The second-order valence-electron chi connectivity index (χ2n) is 17.9. The molecule has 0 aliphatic carbocycles. The Labute approximate surface area is 382 Å². The highest BCUT2D eigenvalue weighted by Gasteiger charge is 2.26. The Bertz CT molecular complexity index is 2640. The smallest absolute Gasteiger partial charge is 0.0702 e. The molecule has 0 bridgehead atoms. The highest BCUT2D eigenvalue weighted by Crippen LogP contribution is 2.51. The maximum absolute atomic E-state index is 2.56. The third-order valence-corrected chi connectivity index (χ3v) is 13.3. The van der Waals surface area contributed by atoms with Crippen molar-refractivity contribution in [3.8, 4) is 0 Å². The van der Waals surface area contributed by atoms with Crippen molar-refractivity contribution < 1.29 is 0 Å². The first kappa shape index (κ1) is 42.9. The van der Waals surface area contributed by atoms with E-state index in [1.165, 1.54) is 139 Å². The molecule has 64 heavy (non-hydrogen) atoms. The van der Waals surface area contributed by atoms with Gasteiger partial charge in [-0.05, 0) is 132 Å². The number of benzene rings is 9. The van der Waals surface area contributed by atoms with Gasteiger partial charge in [-0.25, -0.2) is 0 Å². The first-order valence-corrected chi connectivity index (χ1v) is 24.3. The molecular formula is C62H64N2. The molecule has 0 saturated heterocycles. The Hall–Kier alpha value is -6.38. The SMILES string of the molecule is CCCCc1ccc2c(N(c3ccccc3N(c3cccc4cc(CCCC)ccc34)c3cccc4cc(CCCC)ccc34)c3cccc4cc(CCCC)ccc34)cccc2c1. The van der Waals surface area contributed by atoms with Crippen molar-refractivity contribution in [3.05, 3.63) is 192 Å². The average molecular weight is 837 g/mol. The molecule has 0 spiro atoms. The van der Waals surface area contributed by atoms with Crippen LogP contribution in [0.5, 0.6) is 0 Å². The standard InChI is InChI=1S/C62H64N2/c1-5-9-19-45-33-37-53-49(41-45)23-15-29-57(53)63(58-30-16-24-50-42-46(20-10-6-2)34-38-54(50)58)61-27-13-14-28-62(61)64(59-31-17-25-51-43-47(21-11-7-3)35-39-55(51)59)60-32-18-26-52-44-48(22-12-8-4)36-40-56(52)60/h13-18,23-44H,5-12,19-22H2,1-4H3. The molecule has 9 rings (SSSR count). The molecule has 0 saturated carbocycles. The molecule has 9 aromatic rings. The van der Waals surface area contributed by atoms with Gasteiger partial charge in [-0.15, -0.1) is 0 Å². The monoisotopic (exact) mass is 837 g/mol. The minimum atomic E-state index is 1.10. The van der Waals surface area contributed by atoms with Crippen LogP contribution in [0.15, 0.2) is 170 Å². The molecule has 0 unspecified atom stereocenters. The van der Waals surface area contributed by atoms with Crippen LogP contribution in [-0.4, -0.2) is 0 Å². The van der Waals surface area contributed by atoms with E-state index in [2.05, 4.69) is 207 Å². The van der Waals surface area contributed by atoms with Gasteiger partial charge in [0.15, 0.2) is 0 Å². The van der Waals surface area contributed by atoms with E-state index < -0.39 is 0 Å². The van der Waals surface area contributed by atoms with E-state index in [-0.39, 0.29) is 0 Å². The molecule has 2 nitrogen and oxygen atoms in total. The quantitative estimate of drug-likeness (QED) is 0.0849. The average Bonchev–Trinajstić information content (AvgIpc) is 3.34. The van der Waals surface area contributed by atoms with Crippen LogP contribution in [-0.2, 0) is 25.7 Å². The van der Waals surface area contributed by atoms with Gasteiger partial charge in [0.1, 0.15) is 0 Å². The minimum absolute atomic E-state index is 1.10. The first-order valence-electron chi connectivity index (χ1n) is 24.3. The summed E-state index contributed by atoms with van der Waals surface area (Å²) >= 11 is 0. The van der Waals surface area contributed by atoms with Crippen LogP contribution in [0.1, 0.15) is 101 Å². The number of fused-ring (bicyclic) bond motifs is 4. The lowest BCUT2D eigenvalue weighted by Gasteiger charge is -2.35. The molecule has 322 valence electrons. The second-order valence-corrected chi connectivity index (χ2v) is 17.9. The van der Waals surface area contributed by atoms with E-state index in [0.29, 0.717) is 0 Å². The Morgan fingerprint density at radius 3 is 0.766 bits per heavy atom. The lowest BCUT2D eigenvalue weighted by molar-refractivity contribution is 0.796. The summed E-state index contributed by atoms with van der Waals surface area (Å²) in [6.45, 7) is 9.11. The van der Waals surface area contributed by atoms with Gasteiger partial charge in [-0.2, -0.15) is 0 Å². The Balaban J connectivity index is 1.32. The number of hydrogen-bond donors (Lipinski definition) is 0. The van der Waals surface area contributed by atoms with Gasteiger partial charge >= 0.3 is 0 Å². The molecule has 0 heterocycles. The number of nitrogens with zero attached hydrogens (tertiary/aromatic N) is 2. The summed E-state index contributed by atoms with van der Waals surface area (Å²) in [4.78, 5) is 5.12. The van der Waals surface area contributed by atoms with E-state index in [0.717, 1.165) is 37.1 Å². The van der Waals surface area contributed by atoms with Gasteiger partial charge < -0.3 is 9.80 Å². The topological polar surface area (TPSA) is 6.48 Å². The Morgan fingerprint density at radius 2 is 0.516 bits per heavy atom. The highest BCUT2D eigenvalue weighted by molar-refractivity contribution is 6.10. The van der Waals surface area contributed by atoms with E-state index in [4.69, 9.17) is 0 Å². The van der Waals surface area contributed by atoms with Gasteiger partial charge in [0, 0.05) is 21.5 Å². The Morgan fingerprint density at radius 1 is 0.266 bits per heavy atom. The van der Waals surface area contributed by atoms with Crippen molar-refractivity contribution in [3.63, 3.8) is 0 Å². The van der Waals surface area contributed by atoms with Gasteiger partial charge in [-0.3, -0.25) is 0 Å². The van der Waals surface area contributed by atoms with Crippen molar-refractivity contribution in [1.29, 1.82) is 0 Å². The van der Waals surface area contributed by atoms with Gasteiger partial charge in [0.05, 0.1) is 34.1 Å². The lowest BCUT2D eigenvalue weighted by atomic mass is 9.98. The van der Waals surface area contributed by atoms with Crippen LogP contribution >= 0.6 is 0 Å². The summed E-state index contributed by atoms with van der Waals surface area (Å²) in [5.41, 5.74) is 12.5. The second kappa shape index (κ2) is 20.0. The predicted octanol–water partition coefficient (Wildman–Crippen LogP) is 18.6. The maximum atomic E-state index is 2.56. The maximum Gasteiger partial charge on any atom is 0.0702 e. The molecule has 0 aliphatic heterocycles. The van der Waals surface area contributed by atoms with Crippen LogP contribution in [0.3, 0.4) is 0 Å². The van der Waals surface area contributed by atoms with Gasteiger partial charge in [0.2, 0.25) is 0 Å². The van der Waals surface area contributed by atoms with Gasteiger partial charge in [-0.1, -0.05) is 187 Å². The number of anilines is 6. The van der Waals surface area contributed by atoms with Crippen molar-refractivity contribution in [2.24, 2.45) is 0 Å². The summed E-state index contributed by atoms with van der Waals surface area (Å²) in [6, 6.07) is 65.2. The molecule has 0 N–H and O–H groups in total. The molecule has 0 radical (unpaired) electrons. The summed E-state index contributed by atoms with van der Waals surface area (Å²) in [7, 11) is 0. The molecule has 0 aromatic heterocycles. The zero-order chi connectivity index (χ0) is 43.8. The van der Waals surface area contributed by atoms with Crippen LogP contribution < -0.4 is 9.80 Å². The van der Waals surface area contributed by atoms with Crippen molar-refractivity contribution in [2.45, 2.75) is 105 Å². The van der Waals surface area contributed by atoms with E-state index >= 15 is 0 Å². The molecular weight excluding hydrogens is 773 g/mol. The number of rotatable bonds is 18. The van der Waals surface area contributed by atoms with Crippen LogP contribution in [0.4, 0.5) is 34.1 Å². The van der Waals surface area contributed by atoms with E-state index in [1.54, 1.807) is 0 Å². The lowest BCUT2D eigenvalue weighted by Crippen LogP contribution is -2.18. The number of para-hydroxylation sites is 2. The molecule has 0 aliphatic rings. The normalized spacial score (nSPS) is 11.6. The number of aryl methyl sites for hydroxylation is 4. The number of hydrogen-bond acceptors (Lipinski definition) is 2. The Kier molecular flexibility index (Phi) is 13.4. The zero-order valence-electron chi connectivity index (χ0n) is 38.5. The molecule has 0 fully saturated rings. The summed E-state index contributed by atoms with van der Waals surface area (Å²) in [5.74, 6) is 0. The summed E-state index contributed by atoms with van der Waals surface area (Å²) < 4.78 is 0. The third kappa shape index (κ3) is 8.89. The van der Waals surface area contributed by atoms with Crippen molar-refractivity contribution >= 4 is 77.2 Å². The molecule has 9 aromatic carbocycles. The highest BCUT2D eigenvalue weighted by atomic mass is 15.2. The van der Waals surface area contributed by atoms with Crippen LogP contribution in [0.2, 0.25) is 0 Å². The fourth-order valence-corrected chi connectivity index (χ4v) is 9.81. The largest absolute Gasteiger partial charge is 0.307 e. The first-order chi connectivity index (χ1) is 31.6. The fourth-order valence-electron chi connectivity index (χ4n) is 9.81. The van der Waals surface area contributed by atoms with Gasteiger partial charge in [0.25, 0.3) is 0 Å². The van der Waals surface area contributed by atoms with E-state index in [9.17, 15) is 0 Å². The molecule has 0 amide bonds. The summed E-state index contributed by atoms with van der Waals surface area (Å²) in [6.07, 6.45) is 13.9. The summed E-state index contributed by atoms with van der Waals surface area (Å²) in [5, 5.41) is 10.1. The predicted molar refractivity (Wildman–Crippen MR) is 280 cm³/mol. The zero-order valence-corrected chi connectivity index (χ0v) is 38.5. The third-order valence-electron chi connectivity index (χ3n) is 13.3. The van der Waals surface area contributed by atoms with Crippen LogP contribution in [0.25, 0.3) is 43.1 Å². The molecule has 0 atom stereocenters. The fraction of sp³-hybridized carbons (Fsp3) is 0.258. The van der Waals surface area contributed by atoms with E-state index in [1.807, 2.05) is 0 Å². The minimum Gasteiger partial charge on any atom is -0.307 e. The molecule has 2 heteroatoms. The van der Waals surface area contributed by atoms with Crippen molar-refractivity contribution in [1.82, 2.24) is 0 Å². The number of unbranched alkanes of at least 4 members (excludes halogenated alkanes) is 4. The van der Waals surface area contributed by atoms with Crippen LogP contribution in [0, 0.1) is 0 Å².